The molecule has 10 nitrogen and oxygen atoms in total. The number of Topliss-reactive ketones (excluding diaryl/α,β-unsaturated/α-hetero) is 1. The second-order valence-corrected chi connectivity index (χ2v) is 12.7. The summed E-state index contributed by atoms with van der Waals surface area (Å²) in [5.41, 5.74) is -1.12. The highest BCUT2D eigenvalue weighted by Crippen LogP contribution is 2.53. The Balaban J connectivity index is 1.67. The molecular formula is C30H34N4O6S. The standard InChI is InChI=1S/C30H34N4O6S/c1-4-16-33-24-11-6-5-10-23(24)30(29(33)38)25(27(36)28(37)34(30)20-9-17-31(2)3)26(35)21-12-14-22(15-13-21)41(39,40)32-18-7-8-19-32/h4-6,10-15,35H,1,7-9,16-20H2,2-3H3/t30-/m1/s1. The van der Waals surface area contributed by atoms with E-state index in [1.54, 1.807) is 30.3 Å². The number of aliphatic hydroxyl groups excluding tert-OH is 1. The van der Waals surface area contributed by atoms with E-state index in [4.69, 9.17) is 0 Å². The molecule has 41 heavy (non-hydrogen) atoms. The molecule has 0 bridgehead atoms. The molecule has 5 rings (SSSR count). The van der Waals surface area contributed by atoms with Gasteiger partial charge in [0.2, 0.25) is 10.0 Å². The number of fused-ring (bicyclic) bond motifs is 2. The summed E-state index contributed by atoms with van der Waals surface area (Å²) < 4.78 is 27.5. The fraction of sp³-hybridized carbons (Fsp3) is 0.367. The minimum atomic E-state index is -3.70. The Labute approximate surface area is 240 Å². The van der Waals surface area contributed by atoms with Crippen LogP contribution in [-0.4, -0.2) is 92.0 Å². The van der Waals surface area contributed by atoms with Crippen LogP contribution in [0.25, 0.3) is 5.76 Å². The lowest BCUT2D eigenvalue weighted by atomic mass is 9.82. The minimum Gasteiger partial charge on any atom is -0.507 e. The van der Waals surface area contributed by atoms with Crippen LogP contribution in [0.5, 0.6) is 0 Å². The van der Waals surface area contributed by atoms with Crippen LogP contribution in [0.3, 0.4) is 0 Å². The number of benzene rings is 2. The average molecular weight is 579 g/mol. The van der Waals surface area contributed by atoms with Gasteiger partial charge in [0.1, 0.15) is 5.76 Å². The van der Waals surface area contributed by atoms with Crippen LogP contribution in [0.1, 0.15) is 30.4 Å². The van der Waals surface area contributed by atoms with Crippen LogP contribution in [0.2, 0.25) is 0 Å². The van der Waals surface area contributed by atoms with Gasteiger partial charge in [-0.05, 0) is 70.2 Å². The molecule has 0 saturated carbocycles. The molecule has 3 aliphatic rings. The summed E-state index contributed by atoms with van der Waals surface area (Å²) in [5, 5.41) is 11.7. The lowest BCUT2D eigenvalue weighted by Crippen LogP contribution is -2.52. The van der Waals surface area contributed by atoms with Gasteiger partial charge in [-0.25, -0.2) is 8.42 Å². The molecule has 2 aromatic rings. The summed E-state index contributed by atoms with van der Waals surface area (Å²) in [7, 11) is 0.0782. The highest BCUT2D eigenvalue weighted by Gasteiger charge is 2.66. The largest absolute Gasteiger partial charge is 0.507 e. The van der Waals surface area contributed by atoms with Crippen LogP contribution in [0.4, 0.5) is 5.69 Å². The van der Waals surface area contributed by atoms with Gasteiger partial charge in [-0.1, -0.05) is 24.3 Å². The molecule has 2 amide bonds. The first-order chi connectivity index (χ1) is 19.6. The summed E-state index contributed by atoms with van der Waals surface area (Å²) in [5.74, 6) is -2.91. The zero-order valence-electron chi connectivity index (χ0n) is 23.2. The molecule has 0 aromatic heterocycles. The van der Waals surface area contributed by atoms with Gasteiger partial charge in [-0.15, -0.1) is 6.58 Å². The van der Waals surface area contributed by atoms with Gasteiger partial charge in [-0.2, -0.15) is 4.31 Å². The van der Waals surface area contributed by atoms with Gasteiger partial charge >= 0.3 is 0 Å². The number of amides is 2. The van der Waals surface area contributed by atoms with Crippen molar-refractivity contribution in [3.05, 3.63) is 77.9 Å². The van der Waals surface area contributed by atoms with Gasteiger partial charge in [0.25, 0.3) is 17.6 Å². The third-order valence-electron chi connectivity index (χ3n) is 7.94. The second-order valence-electron chi connectivity index (χ2n) is 10.7. The average Bonchev–Trinajstić information content (AvgIpc) is 3.64. The summed E-state index contributed by atoms with van der Waals surface area (Å²) >= 11 is 0. The number of likely N-dealkylation sites (tertiary alicyclic amines) is 1. The number of aliphatic hydroxyl groups is 1. The molecule has 3 aliphatic heterocycles. The molecule has 0 radical (unpaired) electrons. The summed E-state index contributed by atoms with van der Waals surface area (Å²) in [6.07, 6.45) is 3.64. The third-order valence-corrected chi connectivity index (χ3v) is 9.85. The van der Waals surface area contributed by atoms with Crippen molar-refractivity contribution in [2.75, 3.05) is 51.7 Å². The number of carbonyl (C=O) groups is 3. The maximum Gasteiger partial charge on any atom is 0.296 e. The zero-order chi connectivity index (χ0) is 29.5. The number of para-hydroxylation sites is 1. The first kappa shape index (κ1) is 28.7. The number of anilines is 1. The Bertz CT molecular complexity index is 1540. The van der Waals surface area contributed by atoms with Crippen LogP contribution < -0.4 is 4.90 Å². The van der Waals surface area contributed by atoms with Gasteiger partial charge in [-0.3, -0.25) is 14.4 Å². The Morgan fingerprint density at radius 1 is 1.05 bits per heavy atom. The molecule has 216 valence electrons. The van der Waals surface area contributed by atoms with Crippen LogP contribution in [-0.2, 0) is 29.9 Å². The van der Waals surface area contributed by atoms with E-state index >= 15 is 0 Å². The molecule has 1 spiro atoms. The van der Waals surface area contributed by atoms with Crippen molar-refractivity contribution in [3.63, 3.8) is 0 Å². The predicted octanol–water partition coefficient (Wildman–Crippen LogP) is 2.53. The number of ketones is 1. The molecule has 2 aromatic carbocycles. The van der Waals surface area contributed by atoms with Gasteiger partial charge < -0.3 is 19.8 Å². The van der Waals surface area contributed by atoms with Crippen LogP contribution in [0, 0.1) is 0 Å². The van der Waals surface area contributed by atoms with E-state index < -0.39 is 38.9 Å². The van der Waals surface area contributed by atoms with Crippen molar-refractivity contribution in [2.45, 2.75) is 29.7 Å². The number of nitrogens with zero attached hydrogens (tertiary/aromatic N) is 4. The highest BCUT2D eigenvalue weighted by molar-refractivity contribution is 7.89. The van der Waals surface area contributed by atoms with Crippen molar-refractivity contribution in [2.24, 2.45) is 0 Å². The summed E-state index contributed by atoms with van der Waals surface area (Å²) in [6, 6.07) is 12.5. The molecule has 0 aliphatic carbocycles. The maximum absolute atomic E-state index is 14.3. The van der Waals surface area contributed by atoms with Gasteiger partial charge in [0, 0.05) is 37.3 Å². The summed E-state index contributed by atoms with van der Waals surface area (Å²) in [6.45, 7) is 5.52. The van der Waals surface area contributed by atoms with Crippen molar-refractivity contribution >= 4 is 39.1 Å². The van der Waals surface area contributed by atoms with E-state index in [-0.39, 0.29) is 29.1 Å². The fourth-order valence-corrected chi connectivity index (χ4v) is 7.55. The number of hydrogen-bond acceptors (Lipinski definition) is 7. The number of rotatable bonds is 9. The lowest BCUT2D eigenvalue weighted by molar-refractivity contribution is -0.143. The Kier molecular flexibility index (Phi) is 7.62. The number of carbonyl (C=O) groups excluding carboxylic acids is 3. The van der Waals surface area contributed by atoms with Gasteiger partial charge in [0.05, 0.1) is 16.2 Å². The first-order valence-electron chi connectivity index (χ1n) is 13.6. The first-order valence-corrected chi connectivity index (χ1v) is 15.1. The molecule has 0 unspecified atom stereocenters. The van der Waals surface area contributed by atoms with E-state index in [1.165, 1.54) is 38.4 Å². The van der Waals surface area contributed by atoms with E-state index in [1.807, 2.05) is 19.0 Å². The van der Waals surface area contributed by atoms with Crippen molar-refractivity contribution < 1.29 is 27.9 Å². The monoisotopic (exact) mass is 578 g/mol. The second kappa shape index (κ2) is 10.9. The van der Waals surface area contributed by atoms with E-state index in [9.17, 15) is 27.9 Å². The molecule has 2 fully saturated rings. The van der Waals surface area contributed by atoms with E-state index in [2.05, 4.69) is 6.58 Å². The highest BCUT2D eigenvalue weighted by atomic mass is 32.2. The molecule has 3 heterocycles. The molecule has 2 saturated heterocycles. The Morgan fingerprint density at radius 2 is 1.71 bits per heavy atom. The fourth-order valence-electron chi connectivity index (χ4n) is 6.03. The van der Waals surface area contributed by atoms with E-state index in [0.29, 0.717) is 37.3 Å². The molecule has 1 atom stereocenters. The van der Waals surface area contributed by atoms with Crippen molar-refractivity contribution in [1.29, 1.82) is 0 Å². The maximum atomic E-state index is 14.3. The molecule has 1 N–H and O–H groups in total. The topological polar surface area (TPSA) is 119 Å². The van der Waals surface area contributed by atoms with Crippen LogP contribution >= 0.6 is 0 Å². The SMILES string of the molecule is C=CCN1C(=O)[C@]2(C(=C(O)c3ccc(S(=O)(=O)N4CCCC4)cc3)C(=O)C(=O)N2CCCN(C)C)c2ccccc21. The van der Waals surface area contributed by atoms with Crippen LogP contribution in [0.15, 0.2) is 71.7 Å². The third kappa shape index (κ3) is 4.48. The van der Waals surface area contributed by atoms with Crippen molar-refractivity contribution in [1.82, 2.24) is 14.1 Å². The van der Waals surface area contributed by atoms with E-state index in [0.717, 1.165) is 12.8 Å². The summed E-state index contributed by atoms with van der Waals surface area (Å²) in [4.78, 5) is 46.4. The smallest absolute Gasteiger partial charge is 0.296 e. The predicted molar refractivity (Wildman–Crippen MR) is 155 cm³/mol. The quantitative estimate of drug-likeness (QED) is 0.210. The molecule has 11 heteroatoms. The Morgan fingerprint density at radius 3 is 2.34 bits per heavy atom. The lowest BCUT2D eigenvalue weighted by Gasteiger charge is -2.34. The number of sulfonamides is 1. The number of hydrogen-bond donors (Lipinski definition) is 1. The van der Waals surface area contributed by atoms with Gasteiger partial charge in [0.15, 0.2) is 5.54 Å². The molecular weight excluding hydrogens is 544 g/mol. The normalized spacial score (nSPS) is 22.4. The van der Waals surface area contributed by atoms with Crippen molar-refractivity contribution in [3.8, 4) is 0 Å². The minimum absolute atomic E-state index is 0.0641. The zero-order valence-corrected chi connectivity index (χ0v) is 24.1. The Hall–Kier alpha value is -3.80.